The van der Waals surface area contributed by atoms with Crippen LogP contribution in [-0.4, -0.2) is 30.1 Å². The van der Waals surface area contributed by atoms with Crippen molar-refractivity contribution in [2.75, 3.05) is 13.1 Å². The Morgan fingerprint density at radius 3 is 2.05 bits per heavy atom. The van der Waals surface area contributed by atoms with Crippen molar-refractivity contribution in [3.05, 3.63) is 34.4 Å². The minimum atomic E-state index is -4.62. The van der Waals surface area contributed by atoms with Gasteiger partial charge in [-0.25, -0.2) is 8.78 Å². The van der Waals surface area contributed by atoms with E-state index >= 15 is 0 Å². The summed E-state index contributed by atoms with van der Waals surface area (Å²) in [5.74, 6) is -3.73. The number of alkyl halides is 3. The van der Waals surface area contributed by atoms with Gasteiger partial charge in [-0.05, 0) is 17.5 Å². The van der Waals surface area contributed by atoms with E-state index in [9.17, 15) is 26.7 Å². The van der Waals surface area contributed by atoms with E-state index in [4.69, 9.17) is 11.6 Å². The van der Waals surface area contributed by atoms with Gasteiger partial charge in [0.1, 0.15) is 6.54 Å². The average molecular weight is 344 g/mol. The molecule has 0 bridgehead atoms. The van der Waals surface area contributed by atoms with Crippen molar-refractivity contribution in [2.24, 2.45) is 5.41 Å². The normalized spacial score (nSPS) is 12.4. The summed E-state index contributed by atoms with van der Waals surface area (Å²) < 4.78 is 64.2. The molecular formula is C14H15ClF5NO. The molecule has 1 rings (SSSR count). The highest BCUT2D eigenvalue weighted by Gasteiger charge is 2.35. The van der Waals surface area contributed by atoms with Gasteiger partial charge in [0.2, 0.25) is 0 Å². The Labute approximate surface area is 129 Å². The summed E-state index contributed by atoms with van der Waals surface area (Å²) in [7, 11) is 0. The maximum atomic E-state index is 13.2. The number of carbonyl (C=O) groups is 1. The first kappa shape index (κ1) is 18.7. The van der Waals surface area contributed by atoms with Gasteiger partial charge in [0.15, 0.2) is 11.6 Å². The maximum absolute atomic E-state index is 13.2. The summed E-state index contributed by atoms with van der Waals surface area (Å²) in [4.78, 5) is 12.8. The van der Waals surface area contributed by atoms with Crippen LogP contribution >= 0.6 is 11.6 Å². The van der Waals surface area contributed by atoms with Gasteiger partial charge in [0.05, 0.1) is 10.6 Å². The predicted octanol–water partition coefficient (Wildman–Crippen LogP) is 4.67. The Kier molecular flexibility index (Phi) is 5.43. The van der Waals surface area contributed by atoms with Gasteiger partial charge in [0.25, 0.3) is 5.91 Å². The zero-order valence-electron chi connectivity index (χ0n) is 12.2. The third-order valence-electron chi connectivity index (χ3n) is 2.56. The monoisotopic (exact) mass is 343 g/mol. The molecule has 0 heterocycles. The Balaban J connectivity index is 3.19. The number of hydrogen-bond acceptors (Lipinski definition) is 1. The zero-order valence-corrected chi connectivity index (χ0v) is 12.9. The molecule has 0 fully saturated rings. The molecule has 2 nitrogen and oxygen atoms in total. The smallest absolute Gasteiger partial charge is 0.329 e. The molecule has 1 aromatic carbocycles. The second-order valence-corrected chi connectivity index (χ2v) is 6.49. The SMILES string of the molecule is CC(C)(C)CN(CC(F)(F)F)C(=O)c1cc(F)c(F)cc1Cl. The highest BCUT2D eigenvalue weighted by molar-refractivity contribution is 6.33. The van der Waals surface area contributed by atoms with Crippen LogP contribution in [0.15, 0.2) is 12.1 Å². The summed E-state index contributed by atoms with van der Waals surface area (Å²) in [5.41, 5.74) is -1.12. The summed E-state index contributed by atoms with van der Waals surface area (Å²) in [6, 6.07) is 1.07. The quantitative estimate of drug-likeness (QED) is 0.577. The number of hydrogen-bond donors (Lipinski definition) is 0. The third-order valence-corrected chi connectivity index (χ3v) is 2.88. The maximum Gasteiger partial charge on any atom is 0.406 e. The van der Waals surface area contributed by atoms with Crippen LogP contribution in [-0.2, 0) is 0 Å². The van der Waals surface area contributed by atoms with E-state index in [1.807, 2.05) is 0 Å². The molecule has 0 aromatic heterocycles. The van der Waals surface area contributed by atoms with Gasteiger partial charge in [-0.15, -0.1) is 0 Å². The van der Waals surface area contributed by atoms with Crippen LogP contribution < -0.4 is 0 Å². The Bertz CT molecular complexity index is 550. The van der Waals surface area contributed by atoms with Gasteiger partial charge < -0.3 is 4.90 Å². The molecule has 0 saturated heterocycles. The molecule has 0 aliphatic carbocycles. The topological polar surface area (TPSA) is 20.3 Å². The molecule has 0 aliphatic rings. The first-order chi connectivity index (χ1) is 9.80. The molecule has 0 unspecified atom stereocenters. The van der Waals surface area contributed by atoms with Crippen LogP contribution in [0.4, 0.5) is 22.0 Å². The fourth-order valence-corrected chi connectivity index (χ4v) is 2.08. The van der Waals surface area contributed by atoms with Crippen LogP contribution in [0.3, 0.4) is 0 Å². The van der Waals surface area contributed by atoms with Crippen molar-refractivity contribution in [1.82, 2.24) is 4.90 Å². The van der Waals surface area contributed by atoms with E-state index in [-0.39, 0.29) is 6.54 Å². The number of rotatable bonds is 3. The van der Waals surface area contributed by atoms with Crippen LogP contribution in [0.25, 0.3) is 0 Å². The van der Waals surface area contributed by atoms with E-state index in [1.165, 1.54) is 0 Å². The van der Waals surface area contributed by atoms with Gasteiger partial charge in [-0.2, -0.15) is 13.2 Å². The lowest BCUT2D eigenvalue weighted by molar-refractivity contribution is -0.142. The Morgan fingerprint density at radius 1 is 1.09 bits per heavy atom. The van der Waals surface area contributed by atoms with E-state index in [0.717, 1.165) is 0 Å². The number of nitrogens with zero attached hydrogens (tertiary/aromatic N) is 1. The molecule has 0 atom stereocenters. The number of amides is 1. The highest BCUT2D eigenvalue weighted by Crippen LogP contribution is 2.26. The molecule has 0 spiro atoms. The fraction of sp³-hybridized carbons (Fsp3) is 0.500. The summed E-state index contributed by atoms with van der Waals surface area (Å²) in [6.07, 6.45) is -4.62. The third kappa shape index (κ3) is 5.44. The van der Waals surface area contributed by atoms with Gasteiger partial charge in [-0.1, -0.05) is 32.4 Å². The van der Waals surface area contributed by atoms with Crippen molar-refractivity contribution in [2.45, 2.75) is 26.9 Å². The summed E-state index contributed by atoms with van der Waals surface area (Å²) in [5, 5.41) is -0.440. The standard InChI is InChI=1S/C14H15ClF5NO/c1-13(2,3)6-21(7-14(18,19)20)12(22)8-4-10(16)11(17)5-9(8)15/h4-5H,6-7H2,1-3H3. The van der Waals surface area contributed by atoms with Crippen LogP contribution in [0, 0.1) is 17.0 Å². The molecular weight excluding hydrogens is 329 g/mol. The van der Waals surface area contributed by atoms with E-state index < -0.39 is 46.3 Å². The summed E-state index contributed by atoms with van der Waals surface area (Å²) >= 11 is 5.65. The van der Waals surface area contributed by atoms with Gasteiger partial charge >= 0.3 is 6.18 Å². The lowest BCUT2D eigenvalue weighted by atomic mass is 9.95. The second kappa shape index (κ2) is 6.40. The first-order valence-corrected chi connectivity index (χ1v) is 6.68. The van der Waals surface area contributed by atoms with Crippen LogP contribution in [0.5, 0.6) is 0 Å². The molecule has 8 heteroatoms. The highest BCUT2D eigenvalue weighted by atomic mass is 35.5. The van der Waals surface area contributed by atoms with Gasteiger partial charge in [0, 0.05) is 6.54 Å². The van der Waals surface area contributed by atoms with Crippen molar-refractivity contribution in [3.63, 3.8) is 0 Å². The molecule has 124 valence electrons. The fourth-order valence-electron chi connectivity index (χ4n) is 1.85. The average Bonchev–Trinajstić information content (AvgIpc) is 2.28. The van der Waals surface area contributed by atoms with Crippen molar-refractivity contribution in [3.8, 4) is 0 Å². The summed E-state index contributed by atoms with van der Waals surface area (Å²) in [6.45, 7) is 3.22. The van der Waals surface area contributed by atoms with Crippen LogP contribution in [0.1, 0.15) is 31.1 Å². The largest absolute Gasteiger partial charge is 0.406 e. The number of benzene rings is 1. The first-order valence-electron chi connectivity index (χ1n) is 6.31. The van der Waals surface area contributed by atoms with Crippen LogP contribution in [0.2, 0.25) is 5.02 Å². The van der Waals surface area contributed by atoms with E-state index in [2.05, 4.69) is 0 Å². The molecule has 0 radical (unpaired) electrons. The molecule has 0 N–H and O–H groups in total. The zero-order chi connectivity index (χ0) is 17.3. The number of carbonyl (C=O) groups excluding carboxylic acids is 1. The van der Waals surface area contributed by atoms with Crippen molar-refractivity contribution < 1.29 is 26.7 Å². The lowest BCUT2D eigenvalue weighted by Gasteiger charge is -2.31. The molecule has 0 saturated carbocycles. The Hall–Kier alpha value is -1.37. The van der Waals surface area contributed by atoms with Crippen molar-refractivity contribution in [1.29, 1.82) is 0 Å². The van der Waals surface area contributed by atoms with Crippen molar-refractivity contribution >= 4 is 17.5 Å². The van der Waals surface area contributed by atoms with Gasteiger partial charge in [-0.3, -0.25) is 4.79 Å². The van der Waals surface area contributed by atoms with E-state index in [0.29, 0.717) is 17.0 Å². The molecule has 22 heavy (non-hydrogen) atoms. The lowest BCUT2D eigenvalue weighted by Crippen LogP contribution is -2.43. The molecule has 1 amide bonds. The number of halogens is 6. The minimum Gasteiger partial charge on any atom is -0.329 e. The molecule has 0 aliphatic heterocycles. The Morgan fingerprint density at radius 2 is 1.59 bits per heavy atom. The second-order valence-electron chi connectivity index (χ2n) is 6.08. The predicted molar refractivity (Wildman–Crippen MR) is 72.8 cm³/mol. The minimum absolute atomic E-state index is 0.222. The van der Waals surface area contributed by atoms with E-state index in [1.54, 1.807) is 20.8 Å². The molecule has 1 aromatic rings.